The van der Waals surface area contributed by atoms with Gasteiger partial charge in [-0.15, -0.1) is 0 Å². The molecule has 4 aliphatic rings. The standard InChI is InChI=1S/C17H24N2O/c1(7-18-12-5-6-12)2-14-19-9-13(20-14)17-15-10-3-4-11(8-10)16(15)17/h9-12,15-18H,1-8H2. The number of aryl methyl sites for hydroxylation is 1. The molecule has 4 saturated carbocycles. The maximum absolute atomic E-state index is 6.05. The van der Waals surface area contributed by atoms with E-state index in [4.69, 9.17) is 4.42 Å². The molecular weight excluding hydrogens is 248 g/mol. The maximum Gasteiger partial charge on any atom is 0.194 e. The summed E-state index contributed by atoms with van der Waals surface area (Å²) in [6.45, 7) is 1.11. The quantitative estimate of drug-likeness (QED) is 0.809. The second-order valence-corrected chi connectivity index (χ2v) is 7.50. The first kappa shape index (κ1) is 11.8. The topological polar surface area (TPSA) is 38.1 Å². The fraction of sp³-hybridized carbons (Fsp3) is 0.824. The van der Waals surface area contributed by atoms with Gasteiger partial charge in [-0.1, -0.05) is 0 Å². The third-order valence-corrected chi connectivity index (χ3v) is 6.21. The molecule has 1 aromatic rings. The van der Waals surface area contributed by atoms with Crippen molar-refractivity contribution in [1.29, 1.82) is 0 Å². The van der Waals surface area contributed by atoms with Crippen LogP contribution in [0, 0.1) is 23.7 Å². The van der Waals surface area contributed by atoms with E-state index in [1.165, 1.54) is 37.9 Å². The predicted molar refractivity (Wildman–Crippen MR) is 76.4 cm³/mol. The van der Waals surface area contributed by atoms with Gasteiger partial charge in [0.25, 0.3) is 0 Å². The van der Waals surface area contributed by atoms with Crippen molar-refractivity contribution in [2.45, 2.75) is 56.9 Å². The van der Waals surface area contributed by atoms with Crippen molar-refractivity contribution in [3.05, 3.63) is 17.8 Å². The lowest BCUT2D eigenvalue weighted by Crippen LogP contribution is -2.17. The molecule has 0 spiro atoms. The van der Waals surface area contributed by atoms with Gasteiger partial charge in [0.15, 0.2) is 5.89 Å². The van der Waals surface area contributed by atoms with Crippen LogP contribution in [0.25, 0.3) is 0 Å². The summed E-state index contributed by atoms with van der Waals surface area (Å²) in [6.07, 6.45) is 11.4. The monoisotopic (exact) mass is 272 g/mol. The molecule has 4 aliphatic carbocycles. The summed E-state index contributed by atoms with van der Waals surface area (Å²) in [7, 11) is 0. The van der Waals surface area contributed by atoms with Crippen LogP contribution in [-0.4, -0.2) is 17.6 Å². The fourth-order valence-electron chi connectivity index (χ4n) is 5.13. The smallest absolute Gasteiger partial charge is 0.194 e. The molecule has 4 unspecified atom stereocenters. The Labute approximate surface area is 120 Å². The molecule has 0 aromatic carbocycles. The van der Waals surface area contributed by atoms with Gasteiger partial charge in [-0.3, -0.25) is 0 Å². The van der Waals surface area contributed by atoms with Crippen molar-refractivity contribution in [1.82, 2.24) is 10.3 Å². The second kappa shape index (κ2) is 4.33. The van der Waals surface area contributed by atoms with E-state index >= 15 is 0 Å². The Hall–Kier alpha value is -0.830. The first-order valence-electron chi connectivity index (χ1n) is 8.58. The van der Waals surface area contributed by atoms with E-state index in [2.05, 4.69) is 10.3 Å². The molecule has 108 valence electrons. The van der Waals surface area contributed by atoms with Crippen molar-refractivity contribution < 1.29 is 4.42 Å². The molecule has 0 amide bonds. The predicted octanol–water partition coefficient (Wildman–Crippen LogP) is 3.12. The van der Waals surface area contributed by atoms with Gasteiger partial charge in [0.05, 0.1) is 6.20 Å². The number of oxazole rings is 1. The molecule has 4 atom stereocenters. The van der Waals surface area contributed by atoms with Gasteiger partial charge in [0.2, 0.25) is 0 Å². The van der Waals surface area contributed by atoms with Crippen molar-refractivity contribution >= 4 is 0 Å². The lowest BCUT2D eigenvalue weighted by molar-refractivity contribution is 0.412. The molecule has 1 heterocycles. The number of fused-ring (bicyclic) bond motifs is 5. The Kier molecular flexibility index (Phi) is 2.55. The summed E-state index contributed by atoms with van der Waals surface area (Å²) in [6, 6.07) is 0.816. The first-order valence-corrected chi connectivity index (χ1v) is 8.58. The zero-order valence-corrected chi connectivity index (χ0v) is 12.1. The minimum absolute atomic E-state index is 0.743. The number of nitrogens with zero attached hydrogens (tertiary/aromatic N) is 1. The SMILES string of the molecule is c1nc(CCCNC2CC2)oc1C1C2C3CCC(C3)C12. The van der Waals surface area contributed by atoms with Crippen LogP contribution in [-0.2, 0) is 6.42 Å². The average Bonchev–Trinajstić information content (AvgIpc) is 3.29. The Bertz CT molecular complexity index is 491. The molecule has 2 bridgehead atoms. The van der Waals surface area contributed by atoms with Crippen LogP contribution in [0.3, 0.4) is 0 Å². The highest BCUT2D eigenvalue weighted by Crippen LogP contribution is 2.73. The van der Waals surface area contributed by atoms with Gasteiger partial charge in [-0.2, -0.15) is 0 Å². The fourth-order valence-corrected chi connectivity index (χ4v) is 5.13. The average molecular weight is 272 g/mol. The third kappa shape index (κ3) is 1.86. The van der Waals surface area contributed by atoms with Crippen molar-refractivity contribution in [2.24, 2.45) is 23.7 Å². The number of hydrogen-bond acceptors (Lipinski definition) is 3. The molecule has 0 radical (unpaired) electrons. The molecular formula is C17H24N2O. The summed E-state index contributed by atoms with van der Waals surface area (Å²) in [5.41, 5.74) is 0. The summed E-state index contributed by atoms with van der Waals surface area (Å²) in [5, 5.41) is 3.55. The molecule has 0 saturated heterocycles. The minimum atomic E-state index is 0.743. The van der Waals surface area contributed by atoms with Gasteiger partial charge in [-0.05, 0) is 68.7 Å². The lowest BCUT2D eigenvalue weighted by Gasteiger charge is -2.05. The van der Waals surface area contributed by atoms with E-state index in [9.17, 15) is 0 Å². The molecule has 0 aliphatic heterocycles. The van der Waals surface area contributed by atoms with E-state index in [1.54, 1.807) is 0 Å². The van der Waals surface area contributed by atoms with Crippen LogP contribution in [0.2, 0.25) is 0 Å². The molecule has 20 heavy (non-hydrogen) atoms. The minimum Gasteiger partial charge on any atom is -0.445 e. The highest BCUT2D eigenvalue weighted by atomic mass is 16.4. The normalized spacial score (nSPS) is 41.1. The molecule has 3 heteroatoms. The molecule has 3 nitrogen and oxygen atoms in total. The number of rotatable bonds is 6. The van der Waals surface area contributed by atoms with E-state index in [0.29, 0.717) is 0 Å². The molecule has 4 fully saturated rings. The van der Waals surface area contributed by atoms with E-state index < -0.39 is 0 Å². The Morgan fingerprint density at radius 1 is 1.15 bits per heavy atom. The van der Waals surface area contributed by atoms with Crippen LogP contribution < -0.4 is 5.32 Å². The van der Waals surface area contributed by atoms with Gasteiger partial charge < -0.3 is 9.73 Å². The number of nitrogens with one attached hydrogen (secondary N) is 1. The lowest BCUT2D eigenvalue weighted by atomic mass is 10.0. The number of hydrogen-bond donors (Lipinski definition) is 1. The van der Waals surface area contributed by atoms with Crippen molar-refractivity contribution in [3.63, 3.8) is 0 Å². The van der Waals surface area contributed by atoms with Crippen LogP contribution in [0.4, 0.5) is 0 Å². The Balaban J connectivity index is 1.17. The van der Waals surface area contributed by atoms with Gasteiger partial charge in [-0.25, -0.2) is 4.98 Å². The number of aromatic nitrogens is 1. The summed E-state index contributed by atoms with van der Waals surface area (Å²) in [5.74, 6) is 6.89. The van der Waals surface area contributed by atoms with Crippen LogP contribution in [0.15, 0.2) is 10.6 Å². The van der Waals surface area contributed by atoms with Gasteiger partial charge in [0.1, 0.15) is 5.76 Å². The van der Waals surface area contributed by atoms with Crippen LogP contribution >= 0.6 is 0 Å². The summed E-state index contributed by atoms with van der Waals surface area (Å²) in [4.78, 5) is 4.51. The molecule has 1 aromatic heterocycles. The Morgan fingerprint density at radius 2 is 1.95 bits per heavy atom. The first-order chi connectivity index (χ1) is 9.90. The van der Waals surface area contributed by atoms with E-state index in [1.807, 2.05) is 6.20 Å². The van der Waals surface area contributed by atoms with E-state index in [0.717, 1.165) is 60.9 Å². The third-order valence-electron chi connectivity index (χ3n) is 6.21. The van der Waals surface area contributed by atoms with Gasteiger partial charge in [0, 0.05) is 18.4 Å². The highest BCUT2D eigenvalue weighted by Gasteiger charge is 2.66. The zero-order chi connectivity index (χ0) is 13.1. The molecule has 1 N–H and O–H groups in total. The largest absolute Gasteiger partial charge is 0.445 e. The summed E-state index contributed by atoms with van der Waals surface area (Å²) < 4.78 is 6.05. The van der Waals surface area contributed by atoms with Crippen molar-refractivity contribution in [3.8, 4) is 0 Å². The molecule has 5 rings (SSSR count). The second-order valence-electron chi connectivity index (χ2n) is 7.50. The van der Waals surface area contributed by atoms with E-state index in [-0.39, 0.29) is 0 Å². The zero-order valence-electron chi connectivity index (χ0n) is 12.1. The highest BCUT2D eigenvalue weighted by molar-refractivity contribution is 5.25. The van der Waals surface area contributed by atoms with Crippen LogP contribution in [0.5, 0.6) is 0 Å². The van der Waals surface area contributed by atoms with Crippen molar-refractivity contribution in [2.75, 3.05) is 6.54 Å². The van der Waals surface area contributed by atoms with Crippen LogP contribution in [0.1, 0.15) is 56.1 Å². The Morgan fingerprint density at radius 3 is 2.70 bits per heavy atom. The van der Waals surface area contributed by atoms with Gasteiger partial charge >= 0.3 is 0 Å². The maximum atomic E-state index is 6.05. The summed E-state index contributed by atoms with van der Waals surface area (Å²) >= 11 is 0.